The van der Waals surface area contributed by atoms with Crippen molar-refractivity contribution in [3.8, 4) is 0 Å². The third-order valence-corrected chi connectivity index (χ3v) is 13.0. The minimum atomic E-state index is -0.589. The van der Waals surface area contributed by atoms with Gasteiger partial charge in [-0.3, -0.25) is 34.4 Å². The van der Waals surface area contributed by atoms with Crippen LogP contribution in [0.5, 0.6) is 0 Å². The van der Waals surface area contributed by atoms with E-state index in [1.165, 1.54) is 17.3 Å². The zero-order chi connectivity index (χ0) is 44.0. The third-order valence-electron chi connectivity index (χ3n) is 13.0. The highest BCUT2D eigenvalue weighted by Crippen LogP contribution is 2.36. The Balaban J connectivity index is 0.822. The Bertz CT molecular complexity index is 2320. The maximum absolute atomic E-state index is 13.8. The molecule has 0 saturated carbocycles. The monoisotopic (exact) mass is 856 g/mol. The van der Waals surface area contributed by atoms with Crippen molar-refractivity contribution < 1.29 is 23.9 Å². The molecule has 15 heteroatoms. The number of rotatable bonds is 12. The van der Waals surface area contributed by atoms with Crippen molar-refractivity contribution in [1.29, 1.82) is 5.41 Å². The van der Waals surface area contributed by atoms with Gasteiger partial charge in [0.05, 0.1) is 29.2 Å². The van der Waals surface area contributed by atoms with E-state index in [4.69, 9.17) is 10.1 Å². The number of nitrogens with zero attached hydrogens (tertiary/aromatic N) is 6. The molecule has 2 aromatic carbocycles. The Hall–Kier alpha value is -5.93. The summed E-state index contributed by atoms with van der Waals surface area (Å²) in [6.45, 7) is 11.7. The molecule has 1 aromatic heterocycles. The number of amides is 4. The van der Waals surface area contributed by atoms with Crippen LogP contribution in [-0.2, 0) is 33.8 Å². The molecule has 4 N–H and O–H groups in total. The number of anilines is 2. The van der Waals surface area contributed by atoms with Gasteiger partial charge in [-0.1, -0.05) is 38.0 Å². The zero-order valence-corrected chi connectivity index (χ0v) is 36.8. The van der Waals surface area contributed by atoms with Crippen LogP contribution in [-0.4, -0.2) is 114 Å². The van der Waals surface area contributed by atoms with Crippen LogP contribution < -0.4 is 20.9 Å². The van der Waals surface area contributed by atoms with Gasteiger partial charge in [-0.25, -0.2) is 0 Å². The van der Waals surface area contributed by atoms with Crippen LogP contribution >= 0.6 is 0 Å². The van der Waals surface area contributed by atoms with Crippen molar-refractivity contribution in [3.63, 3.8) is 0 Å². The molecule has 5 aliphatic rings. The Morgan fingerprint density at radius 3 is 2.56 bits per heavy atom. The molecular weight excluding hydrogens is 797 g/mol. The summed E-state index contributed by atoms with van der Waals surface area (Å²) in [5, 5.41) is 17.0. The number of hydrogen-bond donors (Lipinski definition) is 4. The third kappa shape index (κ3) is 9.99. The number of unbranched alkanes of at least 4 members (excludes halogenated alkanes) is 3. The number of aryl methyl sites for hydroxylation is 2. The number of carbonyl (C=O) groups is 4. The Morgan fingerprint density at radius 2 is 1.76 bits per heavy atom. The molecule has 2 fully saturated rings. The highest BCUT2D eigenvalue weighted by Gasteiger charge is 2.39. The number of carbonyl (C=O) groups excluding carboxylic acids is 4. The topological polar surface area (TPSA) is 176 Å². The number of hydrogen-bond acceptors (Lipinski definition) is 12. The number of aliphatic imine (C=N–C) groups is 1. The molecule has 4 amide bonds. The highest BCUT2D eigenvalue weighted by molar-refractivity contribution is 6.19. The summed E-state index contributed by atoms with van der Waals surface area (Å²) < 4.78 is 6.11. The fraction of sp³-hybridized carbons (Fsp3) is 0.479. The second-order valence-corrected chi connectivity index (χ2v) is 17.6. The second-order valence-electron chi connectivity index (χ2n) is 17.6. The van der Waals surface area contributed by atoms with E-state index < -0.39 is 6.04 Å². The molecular formula is C48H60N10O5. The summed E-state index contributed by atoms with van der Waals surface area (Å²) >= 11 is 0. The number of guanidine groups is 1. The molecule has 3 aromatic rings. The standard InChI is InChI=1S/C48H60N10O5/c1-31-10-9-23-63-46(50-3)37(27-49)40-26-35(24-32(2)51-40)44(60)54-48-52-39-15-14-33(25-42(39)58(48)28-31)29-56-21-19-55(20-22-56)18-7-5-4-6-11-34-12-8-13-36-38(34)30-57(47(36)62)41-16-17-43(59)53-45(41)61/h8,12-15,24-27,31,41,49-50H,4-7,9-11,16-23,28-30H2,1-3H3,(H,52,54,60)(H,53,59,61)/b46-37-,49-27?/t31-,41?/m1/s1. The van der Waals surface area contributed by atoms with Crippen LogP contribution in [0.1, 0.15) is 107 Å². The van der Waals surface area contributed by atoms with Gasteiger partial charge in [-0.2, -0.15) is 4.99 Å². The van der Waals surface area contributed by atoms with Crippen LogP contribution in [0.3, 0.4) is 0 Å². The first-order valence-electron chi connectivity index (χ1n) is 22.6. The lowest BCUT2D eigenvalue weighted by Gasteiger charge is -2.34. The maximum Gasteiger partial charge on any atom is 0.280 e. The van der Waals surface area contributed by atoms with Crippen molar-refractivity contribution >= 4 is 52.8 Å². The zero-order valence-electron chi connectivity index (χ0n) is 36.8. The molecule has 15 nitrogen and oxygen atoms in total. The molecule has 2 saturated heterocycles. The van der Waals surface area contributed by atoms with Crippen molar-refractivity contribution in [2.24, 2.45) is 10.9 Å². The van der Waals surface area contributed by atoms with Crippen molar-refractivity contribution in [2.45, 2.75) is 90.8 Å². The lowest BCUT2D eigenvalue weighted by Crippen LogP contribution is -2.52. The van der Waals surface area contributed by atoms with Crippen molar-refractivity contribution in [3.05, 3.63) is 93.6 Å². The number of pyridine rings is 1. The van der Waals surface area contributed by atoms with Gasteiger partial charge >= 0.3 is 0 Å². The normalized spacial score (nSPS) is 23.1. The lowest BCUT2D eigenvalue weighted by molar-refractivity contribution is -0.136. The molecule has 5 aliphatic heterocycles. The van der Waals surface area contributed by atoms with Crippen LogP contribution in [0.2, 0.25) is 0 Å². The van der Waals surface area contributed by atoms with Gasteiger partial charge in [0.2, 0.25) is 17.8 Å². The number of fused-ring (bicyclic) bond motifs is 6. The van der Waals surface area contributed by atoms with Crippen LogP contribution in [0.15, 0.2) is 59.4 Å². The van der Waals surface area contributed by atoms with Gasteiger partial charge in [-0.05, 0) is 105 Å². The minimum absolute atomic E-state index is 0.113. The second kappa shape index (κ2) is 19.6. The predicted octanol–water partition coefficient (Wildman–Crippen LogP) is 5.48. The van der Waals surface area contributed by atoms with Crippen molar-refractivity contribution in [2.75, 3.05) is 63.1 Å². The van der Waals surface area contributed by atoms with Gasteiger partial charge in [0, 0.05) is 82.3 Å². The first-order valence-corrected chi connectivity index (χ1v) is 22.6. The van der Waals surface area contributed by atoms with E-state index in [0.29, 0.717) is 66.0 Å². The molecule has 2 bridgehead atoms. The van der Waals surface area contributed by atoms with E-state index in [9.17, 15) is 19.2 Å². The largest absolute Gasteiger partial charge is 0.479 e. The predicted molar refractivity (Wildman–Crippen MR) is 244 cm³/mol. The Kier molecular flexibility index (Phi) is 13.6. The van der Waals surface area contributed by atoms with Crippen LogP contribution in [0.4, 0.5) is 11.4 Å². The molecule has 0 aliphatic carbocycles. The van der Waals surface area contributed by atoms with Gasteiger partial charge in [0.25, 0.3) is 11.8 Å². The van der Waals surface area contributed by atoms with Gasteiger partial charge in [-0.15, -0.1) is 0 Å². The summed E-state index contributed by atoms with van der Waals surface area (Å²) in [7, 11) is 1.76. The summed E-state index contributed by atoms with van der Waals surface area (Å²) in [6, 6.07) is 15.3. The van der Waals surface area contributed by atoms with E-state index in [1.807, 2.05) is 19.1 Å². The van der Waals surface area contributed by atoms with E-state index >= 15 is 0 Å². The number of imide groups is 1. The quantitative estimate of drug-likeness (QED) is 0.103. The summed E-state index contributed by atoms with van der Waals surface area (Å²) in [5.41, 5.74) is 8.10. The van der Waals surface area contributed by atoms with Crippen LogP contribution in [0.25, 0.3) is 5.57 Å². The van der Waals surface area contributed by atoms with E-state index in [1.54, 1.807) is 24.1 Å². The highest BCUT2D eigenvalue weighted by atomic mass is 16.5. The van der Waals surface area contributed by atoms with Crippen LogP contribution in [0, 0.1) is 18.3 Å². The Labute approximate surface area is 369 Å². The molecule has 332 valence electrons. The summed E-state index contributed by atoms with van der Waals surface area (Å²) in [4.78, 5) is 69.3. The maximum atomic E-state index is 13.8. The number of ether oxygens (including phenoxy) is 1. The first kappa shape index (κ1) is 43.7. The van der Waals surface area contributed by atoms with E-state index in [-0.39, 0.29) is 36.0 Å². The summed E-state index contributed by atoms with van der Waals surface area (Å²) in [6.07, 6.45) is 8.97. The number of benzene rings is 2. The Morgan fingerprint density at radius 1 is 0.952 bits per heavy atom. The molecule has 6 heterocycles. The number of aromatic nitrogens is 1. The average Bonchev–Trinajstić information content (AvgIpc) is 3.78. The average molecular weight is 857 g/mol. The fourth-order valence-electron chi connectivity index (χ4n) is 9.54. The number of nitrogens with one attached hydrogen (secondary N) is 4. The molecule has 8 rings (SSSR count). The van der Waals surface area contributed by atoms with Gasteiger partial charge < -0.3 is 35.5 Å². The number of piperidine rings is 1. The fourth-order valence-corrected chi connectivity index (χ4v) is 9.54. The SMILES string of the molecule is CN/C1=C(\C=N)c2cc(cc(C)n2)C(=O)/N=C2\Nc3ccc(CN4CCN(CCCCCCc5cccc6c5CN(C5CCC(=O)NC5=O)C6=O)CC4)cc3N2C[C@H](C)CCCO1. The van der Waals surface area contributed by atoms with Gasteiger partial charge in [0.1, 0.15) is 6.04 Å². The summed E-state index contributed by atoms with van der Waals surface area (Å²) in [5.74, 6) is 0.128. The molecule has 0 radical (unpaired) electrons. The minimum Gasteiger partial charge on any atom is -0.479 e. The first-order chi connectivity index (χ1) is 30.6. The smallest absolute Gasteiger partial charge is 0.280 e. The molecule has 1 unspecified atom stereocenters. The molecule has 2 atom stereocenters. The molecule has 63 heavy (non-hydrogen) atoms. The van der Waals surface area contributed by atoms with Gasteiger partial charge in [0.15, 0.2) is 5.88 Å². The number of piperazine rings is 1. The number of allylic oxidation sites excluding steroid dienone is 1. The van der Waals surface area contributed by atoms with E-state index in [2.05, 4.69) is 71.8 Å². The van der Waals surface area contributed by atoms with Crippen molar-refractivity contribution in [1.82, 2.24) is 30.3 Å². The molecule has 0 spiro atoms. The lowest BCUT2D eigenvalue weighted by atomic mass is 9.98. The van der Waals surface area contributed by atoms with E-state index in [0.717, 1.165) is 101 Å².